The van der Waals surface area contributed by atoms with Crippen LogP contribution in [0.15, 0.2) is 16.7 Å². The van der Waals surface area contributed by atoms with E-state index in [4.69, 9.17) is 0 Å². The first-order valence-corrected chi connectivity index (χ1v) is 4.40. The second-order valence-electron chi connectivity index (χ2n) is 2.29. The first-order chi connectivity index (χ1) is 6.19. The molecule has 0 aliphatic rings. The lowest BCUT2D eigenvalue weighted by molar-refractivity contribution is 0.0601. The number of ether oxygens (including phenoxy) is 1. The molecule has 1 aromatic heterocycles. The van der Waals surface area contributed by atoms with Gasteiger partial charge in [0.25, 0.3) is 0 Å². The summed E-state index contributed by atoms with van der Waals surface area (Å²) in [5, 5.41) is 2.81. The van der Waals surface area contributed by atoms with Gasteiger partial charge < -0.3 is 10.1 Å². The number of anilines is 1. The molecule has 0 bridgehead atoms. The summed E-state index contributed by atoms with van der Waals surface area (Å²) in [6.07, 6.45) is 1.61. The number of hydrogen-bond donors (Lipinski definition) is 1. The summed E-state index contributed by atoms with van der Waals surface area (Å²) in [6.45, 7) is 0. The largest absolute Gasteiger partial charge is 0.465 e. The molecule has 0 unspecified atom stereocenters. The molecule has 4 nitrogen and oxygen atoms in total. The molecule has 0 fully saturated rings. The van der Waals surface area contributed by atoms with Crippen molar-refractivity contribution < 1.29 is 9.53 Å². The Balaban J connectivity index is 3.15. The van der Waals surface area contributed by atoms with E-state index >= 15 is 0 Å². The Morgan fingerprint density at radius 2 is 2.38 bits per heavy atom. The van der Waals surface area contributed by atoms with Crippen LogP contribution in [-0.2, 0) is 4.74 Å². The number of nitrogens with one attached hydrogen (secondary N) is 1. The summed E-state index contributed by atoms with van der Waals surface area (Å²) in [5.41, 5.74) is 0.416. The van der Waals surface area contributed by atoms with Crippen LogP contribution in [0.4, 0.5) is 5.82 Å². The van der Waals surface area contributed by atoms with E-state index in [9.17, 15) is 4.79 Å². The highest BCUT2D eigenvalue weighted by Gasteiger charge is 2.12. The van der Waals surface area contributed by atoms with Gasteiger partial charge in [-0.1, -0.05) is 0 Å². The second kappa shape index (κ2) is 4.23. The molecule has 1 N–H and O–H groups in total. The molecule has 5 heteroatoms. The summed E-state index contributed by atoms with van der Waals surface area (Å²) in [7, 11) is 3.03. The lowest BCUT2D eigenvalue weighted by Gasteiger charge is -2.05. The molecule has 0 aliphatic carbocycles. The number of pyridine rings is 1. The molecule has 0 aromatic carbocycles. The molecule has 1 heterocycles. The first-order valence-electron chi connectivity index (χ1n) is 3.60. The molecule has 0 saturated carbocycles. The minimum atomic E-state index is -0.404. The van der Waals surface area contributed by atoms with Crippen LogP contribution in [-0.4, -0.2) is 25.1 Å². The fourth-order valence-corrected chi connectivity index (χ4v) is 1.24. The van der Waals surface area contributed by atoms with Crippen LogP contribution in [0.3, 0.4) is 0 Å². The van der Waals surface area contributed by atoms with Gasteiger partial charge in [0.1, 0.15) is 11.4 Å². The van der Waals surface area contributed by atoms with Crippen LogP contribution in [0.5, 0.6) is 0 Å². The number of esters is 1. The average Bonchev–Trinajstić information content (AvgIpc) is 2.16. The van der Waals surface area contributed by atoms with E-state index in [2.05, 4.69) is 31.0 Å². The summed E-state index contributed by atoms with van der Waals surface area (Å²) < 4.78 is 5.34. The maximum absolute atomic E-state index is 11.2. The third kappa shape index (κ3) is 2.18. The highest BCUT2D eigenvalue weighted by molar-refractivity contribution is 9.10. The van der Waals surface area contributed by atoms with E-state index < -0.39 is 5.97 Å². The van der Waals surface area contributed by atoms with Crippen LogP contribution < -0.4 is 5.32 Å². The molecular formula is C8H9BrN2O2. The number of halogens is 1. The van der Waals surface area contributed by atoms with Crippen molar-refractivity contribution in [1.82, 2.24) is 4.98 Å². The van der Waals surface area contributed by atoms with Crippen LogP contribution in [0.25, 0.3) is 0 Å². The van der Waals surface area contributed by atoms with E-state index in [0.717, 1.165) is 4.47 Å². The highest BCUT2D eigenvalue weighted by Crippen LogP contribution is 2.18. The van der Waals surface area contributed by atoms with Crippen molar-refractivity contribution in [2.24, 2.45) is 0 Å². The fraction of sp³-hybridized carbons (Fsp3) is 0.250. The highest BCUT2D eigenvalue weighted by atomic mass is 79.9. The zero-order chi connectivity index (χ0) is 9.84. The van der Waals surface area contributed by atoms with Crippen molar-refractivity contribution in [1.29, 1.82) is 0 Å². The zero-order valence-corrected chi connectivity index (χ0v) is 8.88. The Labute approximate surface area is 84.4 Å². The lowest BCUT2D eigenvalue weighted by atomic mass is 10.2. The van der Waals surface area contributed by atoms with Crippen molar-refractivity contribution >= 4 is 27.7 Å². The summed E-state index contributed by atoms with van der Waals surface area (Å²) in [6, 6.07) is 1.66. The molecule has 1 rings (SSSR count). The van der Waals surface area contributed by atoms with Crippen LogP contribution in [0.2, 0.25) is 0 Å². The van der Waals surface area contributed by atoms with E-state index in [0.29, 0.717) is 11.4 Å². The van der Waals surface area contributed by atoms with Gasteiger partial charge in [0.2, 0.25) is 0 Å². The number of rotatable bonds is 2. The Morgan fingerprint density at radius 1 is 1.69 bits per heavy atom. The quantitative estimate of drug-likeness (QED) is 0.805. The van der Waals surface area contributed by atoms with Gasteiger partial charge >= 0.3 is 5.97 Å². The molecule has 0 amide bonds. The Kier molecular flexibility index (Phi) is 3.25. The van der Waals surface area contributed by atoms with Gasteiger partial charge in [-0.15, -0.1) is 0 Å². The first kappa shape index (κ1) is 9.98. The van der Waals surface area contributed by atoms with Gasteiger partial charge in [0, 0.05) is 17.7 Å². The van der Waals surface area contributed by atoms with Crippen molar-refractivity contribution in [2.75, 3.05) is 19.5 Å². The Bertz CT molecular complexity index is 328. The summed E-state index contributed by atoms with van der Waals surface area (Å²) >= 11 is 3.22. The molecule has 70 valence electrons. The van der Waals surface area contributed by atoms with Crippen molar-refractivity contribution in [2.45, 2.75) is 0 Å². The van der Waals surface area contributed by atoms with E-state index in [1.165, 1.54) is 7.11 Å². The van der Waals surface area contributed by atoms with Gasteiger partial charge in [-0.3, -0.25) is 0 Å². The monoisotopic (exact) mass is 244 g/mol. The number of carbonyl (C=O) groups is 1. The van der Waals surface area contributed by atoms with E-state index in [1.54, 1.807) is 19.3 Å². The molecule has 0 spiro atoms. The molecule has 0 atom stereocenters. The number of methoxy groups -OCH3 is 1. The second-order valence-corrected chi connectivity index (χ2v) is 3.21. The average molecular weight is 245 g/mol. The van der Waals surface area contributed by atoms with Crippen LogP contribution in [0.1, 0.15) is 10.4 Å². The third-order valence-corrected chi connectivity index (χ3v) is 1.93. The van der Waals surface area contributed by atoms with Gasteiger partial charge in [0.15, 0.2) is 0 Å². The maximum Gasteiger partial charge on any atom is 0.341 e. The maximum atomic E-state index is 11.2. The van der Waals surface area contributed by atoms with E-state index in [-0.39, 0.29) is 0 Å². The van der Waals surface area contributed by atoms with E-state index in [1.807, 2.05) is 0 Å². The van der Waals surface area contributed by atoms with Crippen molar-refractivity contribution in [3.05, 3.63) is 22.3 Å². The fourth-order valence-electron chi connectivity index (χ4n) is 0.904. The minimum Gasteiger partial charge on any atom is -0.465 e. The predicted octanol–water partition coefficient (Wildman–Crippen LogP) is 1.67. The lowest BCUT2D eigenvalue weighted by Crippen LogP contribution is -2.07. The molecule has 1 aromatic rings. The standard InChI is InChI=1S/C8H9BrN2O2/c1-10-7-6(8(12)13-2)3-5(9)4-11-7/h3-4H,1-2H3,(H,10,11). The number of aromatic nitrogens is 1. The molecule has 0 aliphatic heterocycles. The molecule has 13 heavy (non-hydrogen) atoms. The Morgan fingerprint density at radius 3 is 2.92 bits per heavy atom. The summed E-state index contributed by atoms with van der Waals surface area (Å²) in [4.78, 5) is 15.2. The van der Waals surface area contributed by atoms with Gasteiger partial charge in [-0.25, -0.2) is 9.78 Å². The minimum absolute atomic E-state index is 0.404. The van der Waals surface area contributed by atoms with Crippen molar-refractivity contribution in [3.63, 3.8) is 0 Å². The number of hydrogen-bond acceptors (Lipinski definition) is 4. The predicted molar refractivity (Wildman–Crippen MR) is 52.8 cm³/mol. The van der Waals surface area contributed by atoms with Crippen LogP contribution >= 0.6 is 15.9 Å². The Hall–Kier alpha value is -1.10. The van der Waals surface area contributed by atoms with Gasteiger partial charge in [-0.2, -0.15) is 0 Å². The van der Waals surface area contributed by atoms with Crippen molar-refractivity contribution in [3.8, 4) is 0 Å². The van der Waals surface area contributed by atoms with Gasteiger partial charge in [0.05, 0.1) is 7.11 Å². The van der Waals surface area contributed by atoms with Gasteiger partial charge in [-0.05, 0) is 22.0 Å². The third-order valence-electron chi connectivity index (χ3n) is 1.50. The topological polar surface area (TPSA) is 51.2 Å². The number of nitrogens with zero attached hydrogens (tertiary/aromatic N) is 1. The normalized spacial score (nSPS) is 9.46. The molecule has 0 radical (unpaired) electrons. The SMILES string of the molecule is CNc1ncc(Br)cc1C(=O)OC. The number of carbonyl (C=O) groups excluding carboxylic acids is 1. The smallest absolute Gasteiger partial charge is 0.341 e. The zero-order valence-electron chi connectivity index (χ0n) is 7.30. The summed E-state index contributed by atoms with van der Waals surface area (Å²) in [5.74, 6) is 0.105. The molecule has 0 saturated heterocycles. The van der Waals surface area contributed by atoms with Crippen LogP contribution in [0, 0.1) is 0 Å². The molecular weight excluding hydrogens is 236 g/mol.